The number of nitrogens with one attached hydrogen (secondary N) is 2. The zero-order valence-electron chi connectivity index (χ0n) is 16.4. The lowest BCUT2D eigenvalue weighted by molar-refractivity contribution is 0.0342. The Bertz CT molecular complexity index is 809. The van der Waals surface area contributed by atoms with Gasteiger partial charge >= 0.3 is 0 Å². The summed E-state index contributed by atoms with van der Waals surface area (Å²) in [5.41, 5.74) is 3.40. The molecule has 0 unspecified atom stereocenters. The average molecular weight is 384 g/mol. The molecule has 1 amide bonds. The normalized spacial score (nSPS) is 18.9. The summed E-state index contributed by atoms with van der Waals surface area (Å²) in [6.45, 7) is 8.25. The summed E-state index contributed by atoms with van der Waals surface area (Å²) in [6.07, 6.45) is 3.78. The minimum Gasteiger partial charge on any atom is -0.379 e. The molecule has 2 aromatic rings. The van der Waals surface area contributed by atoms with Gasteiger partial charge in [0.05, 0.1) is 25.5 Å². The van der Waals surface area contributed by atoms with Crippen LogP contribution in [0.4, 0.5) is 5.69 Å². The Morgan fingerprint density at radius 1 is 1.29 bits per heavy atom. The van der Waals surface area contributed by atoms with Crippen molar-refractivity contribution in [1.29, 1.82) is 0 Å². The third-order valence-electron chi connectivity index (χ3n) is 5.49. The van der Waals surface area contributed by atoms with E-state index in [4.69, 9.17) is 4.74 Å². The predicted molar refractivity (Wildman–Crippen MR) is 106 cm³/mol. The van der Waals surface area contributed by atoms with Crippen molar-refractivity contribution < 1.29 is 9.53 Å². The van der Waals surface area contributed by atoms with E-state index in [2.05, 4.69) is 44.0 Å². The van der Waals surface area contributed by atoms with Gasteiger partial charge in [-0.2, -0.15) is 0 Å². The van der Waals surface area contributed by atoms with E-state index in [1.165, 1.54) is 5.56 Å². The number of morpholine rings is 1. The molecule has 150 valence electrons. The van der Waals surface area contributed by atoms with Crippen LogP contribution >= 0.6 is 0 Å². The van der Waals surface area contributed by atoms with E-state index >= 15 is 0 Å². The van der Waals surface area contributed by atoms with Crippen LogP contribution in [0.15, 0.2) is 24.4 Å². The van der Waals surface area contributed by atoms with Gasteiger partial charge in [-0.25, -0.2) is 4.68 Å². The molecule has 0 bridgehead atoms. The Hall–Kier alpha value is -2.29. The lowest BCUT2D eigenvalue weighted by atomic mass is 10.1. The van der Waals surface area contributed by atoms with Gasteiger partial charge in [0.1, 0.15) is 0 Å². The molecule has 8 heteroatoms. The van der Waals surface area contributed by atoms with E-state index in [9.17, 15) is 4.79 Å². The molecule has 0 spiro atoms. The summed E-state index contributed by atoms with van der Waals surface area (Å²) in [5.74, 6) is -0.216. The van der Waals surface area contributed by atoms with Crippen molar-refractivity contribution in [1.82, 2.24) is 25.2 Å². The first-order valence-corrected chi connectivity index (χ1v) is 10.0. The number of ether oxygens (including phenoxy) is 1. The lowest BCUT2D eigenvalue weighted by Gasteiger charge is -2.26. The summed E-state index contributed by atoms with van der Waals surface area (Å²) in [7, 11) is 0. The number of piperidine rings is 1. The van der Waals surface area contributed by atoms with Crippen molar-refractivity contribution in [3.05, 3.63) is 41.2 Å². The van der Waals surface area contributed by atoms with Gasteiger partial charge in [0, 0.05) is 25.3 Å². The maximum Gasteiger partial charge on any atom is 0.277 e. The van der Waals surface area contributed by atoms with Gasteiger partial charge in [-0.05, 0) is 50.0 Å². The van der Waals surface area contributed by atoms with Gasteiger partial charge in [0.15, 0.2) is 5.69 Å². The van der Waals surface area contributed by atoms with Crippen LogP contribution < -0.4 is 10.6 Å². The summed E-state index contributed by atoms with van der Waals surface area (Å²) in [6, 6.07) is 6.54. The Labute approximate surface area is 165 Å². The first-order chi connectivity index (χ1) is 13.7. The summed E-state index contributed by atoms with van der Waals surface area (Å²) >= 11 is 0. The third-order valence-corrected chi connectivity index (χ3v) is 5.49. The van der Waals surface area contributed by atoms with Gasteiger partial charge < -0.3 is 15.4 Å². The SMILES string of the molecule is Cc1ccc(CN2CCOCC2)cc1NC(=O)c1cn(C2CCNCC2)nn1. The summed E-state index contributed by atoms with van der Waals surface area (Å²) < 4.78 is 7.24. The fourth-order valence-electron chi connectivity index (χ4n) is 3.74. The maximum absolute atomic E-state index is 12.7. The highest BCUT2D eigenvalue weighted by molar-refractivity contribution is 6.03. The Morgan fingerprint density at radius 2 is 2.07 bits per heavy atom. The van der Waals surface area contributed by atoms with Crippen LogP contribution in [-0.4, -0.2) is 65.2 Å². The van der Waals surface area contributed by atoms with Crippen LogP contribution in [0.25, 0.3) is 0 Å². The van der Waals surface area contributed by atoms with E-state index in [-0.39, 0.29) is 5.91 Å². The number of rotatable bonds is 5. The first kappa shape index (κ1) is 19.0. The first-order valence-electron chi connectivity index (χ1n) is 10.0. The predicted octanol–water partition coefficient (Wildman–Crippen LogP) is 1.60. The summed E-state index contributed by atoms with van der Waals surface area (Å²) in [4.78, 5) is 15.1. The third kappa shape index (κ3) is 4.57. The topological polar surface area (TPSA) is 84.3 Å². The minimum absolute atomic E-state index is 0.216. The van der Waals surface area contributed by atoms with Crippen molar-refractivity contribution in [2.24, 2.45) is 0 Å². The number of hydrogen-bond donors (Lipinski definition) is 2. The van der Waals surface area contributed by atoms with E-state index in [1.54, 1.807) is 6.20 Å². The van der Waals surface area contributed by atoms with Crippen LogP contribution in [0.5, 0.6) is 0 Å². The minimum atomic E-state index is -0.216. The van der Waals surface area contributed by atoms with E-state index in [0.29, 0.717) is 11.7 Å². The highest BCUT2D eigenvalue weighted by Gasteiger charge is 2.19. The molecule has 2 saturated heterocycles. The number of anilines is 1. The van der Waals surface area contributed by atoms with Crippen molar-refractivity contribution in [3.8, 4) is 0 Å². The molecule has 1 aromatic carbocycles. The molecule has 2 N–H and O–H groups in total. The number of benzene rings is 1. The molecular formula is C20H28N6O2. The van der Waals surface area contributed by atoms with Gasteiger partial charge in [0.25, 0.3) is 5.91 Å². The number of carbonyl (C=O) groups excluding carboxylic acids is 1. The fraction of sp³-hybridized carbons (Fsp3) is 0.550. The lowest BCUT2D eigenvalue weighted by Crippen LogP contribution is -2.35. The zero-order chi connectivity index (χ0) is 19.3. The van der Waals surface area contributed by atoms with E-state index in [0.717, 1.165) is 70.0 Å². The molecule has 2 fully saturated rings. The van der Waals surface area contributed by atoms with Crippen LogP contribution in [0.2, 0.25) is 0 Å². The van der Waals surface area contributed by atoms with E-state index in [1.807, 2.05) is 11.6 Å². The summed E-state index contributed by atoms with van der Waals surface area (Å²) in [5, 5.41) is 14.6. The molecule has 0 radical (unpaired) electrons. The standard InChI is InChI=1S/C20H28N6O2/c1-15-2-3-16(13-25-8-10-28-11-9-25)12-18(15)22-20(27)19-14-26(24-23-19)17-4-6-21-7-5-17/h2-3,12,14,17,21H,4-11,13H2,1H3,(H,22,27). The van der Waals surface area contributed by atoms with Crippen molar-refractivity contribution in [3.63, 3.8) is 0 Å². The van der Waals surface area contributed by atoms with Crippen molar-refractivity contribution >= 4 is 11.6 Å². The van der Waals surface area contributed by atoms with Crippen LogP contribution in [-0.2, 0) is 11.3 Å². The van der Waals surface area contributed by atoms with Crippen LogP contribution in [0.1, 0.15) is 40.5 Å². The zero-order valence-corrected chi connectivity index (χ0v) is 16.4. The molecule has 3 heterocycles. The maximum atomic E-state index is 12.7. The molecular weight excluding hydrogens is 356 g/mol. The van der Waals surface area contributed by atoms with Gasteiger partial charge in [-0.3, -0.25) is 9.69 Å². The molecule has 1 aromatic heterocycles. The molecule has 2 aliphatic heterocycles. The number of aryl methyl sites for hydroxylation is 1. The average Bonchev–Trinajstić information content (AvgIpc) is 3.22. The van der Waals surface area contributed by atoms with Gasteiger partial charge in [0.2, 0.25) is 0 Å². The fourth-order valence-corrected chi connectivity index (χ4v) is 3.74. The van der Waals surface area contributed by atoms with Crippen LogP contribution in [0.3, 0.4) is 0 Å². The molecule has 0 atom stereocenters. The number of nitrogens with zero attached hydrogens (tertiary/aromatic N) is 4. The smallest absolute Gasteiger partial charge is 0.277 e. The van der Waals surface area contributed by atoms with Gasteiger partial charge in [-0.15, -0.1) is 5.10 Å². The van der Waals surface area contributed by atoms with Crippen molar-refractivity contribution in [2.45, 2.75) is 32.4 Å². The number of hydrogen-bond acceptors (Lipinski definition) is 6. The second kappa shape index (κ2) is 8.81. The number of aromatic nitrogens is 3. The molecule has 28 heavy (non-hydrogen) atoms. The Balaban J connectivity index is 1.42. The largest absolute Gasteiger partial charge is 0.379 e. The highest BCUT2D eigenvalue weighted by Crippen LogP contribution is 2.20. The molecule has 8 nitrogen and oxygen atoms in total. The number of carbonyl (C=O) groups is 1. The second-order valence-electron chi connectivity index (χ2n) is 7.56. The van der Waals surface area contributed by atoms with Crippen LogP contribution in [0, 0.1) is 6.92 Å². The monoisotopic (exact) mass is 384 g/mol. The molecule has 0 saturated carbocycles. The van der Waals surface area contributed by atoms with Crippen molar-refractivity contribution in [2.75, 3.05) is 44.7 Å². The number of amides is 1. The molecule has 0 aliphatic carbocycles. The quantitative estimate of drug-likeness (QED) is 0.815. The van der Waals surface area contributed by atoms with Gasteiger partial charge in [-0.1, -0.05) is 17.3 Å². The highest BCUT2D eigenvalue weighted by atomic mass is 16.5. The Morgan fingerprint density at radius 3 is 2.86 bits per heavy atom. The second-order valence-corrected chi connectivity index (χ2v) is 7.56. The van der Waals surface area contributed by atoms with E-state index < -0.39 is 0 Å². The Kier molecular flexibility index (Phi) is 5.99. The molecule has 2 aliphatic rings. The molecule has 4 rings (SSSR count).